The van der Waals surface area contributed by atoms with Crippen molar-refractivity contribution in [2.24, 2.45) is 0 Å². The molecule has 0 radical (unpaired) electrons. The monoisotopic (exact) mass is 365 g/mol. The minimum atomic E-state index is -0.0964. The van der Waals surface area contributed by atoms with Crippen LogP contribution in [-0.4, -0.2) is 24.0 Å². The van der Waals surface area contributed by atoms with Gasteiger partial charge in [0.05, 0.1) is 11.1 Å². The third-order valence-electron chi connectivity index (χ3n) is 3.39. The van der Waals surface area contributed by atoms with Crippen LogP contribution in [-0.2, 0) is 11.3 Å². The fraction of sp³-hybridized carbons (Fsp3) is 0.353. The van der Waals surface area contributed by atoms with Gasteiger partial charge in [0.15, 0.2) is 6.61 Å². The van der Waals surface area contributed by atoms with Gasteiger partial charge in [-0.05, 0) is 47.1 Å². The maximum Gasteiger partial charge on any atom is 0.258 e. The van der Waals surface area contributed by atoms with Crippen molar-refractivity contribution in [2.75, 3.05) is 18.1 Å². The molecule has 1 N–H and O–H groups in total. The summed E-state index contributed by atoms with van der Waals surface area (Å²) >= 11 is 5.64. The van der Waals surface area contributed by atoms with E-state index in [1.807, 2.05) is 53.2 Å². The molecule has 0 unspecified atom stereocenters. The number of nitrogens with one attached hydrogen (secondary N) is 1. The van der Waals surface area contributed by atoms with E-state index < -0.39 is 0 Å². The van der Waals surface area contributed by atoms with Crippen molar-refractivity contribution < 1.29 is 9.53 Å². The first-order chi connectivity index (χ1) is 11.3. The van der Waals surface area contributed by atoms with Crippen molar-refractivity contribution in [2.45, 2.75) is 17.5 Å². The molecule has 1 fully saturated rings. The Kier molecular flexibility index (Phi) is 6.30. The average Bonchev–Trinajstić information content (AvgIpc) is 3.13. The fourth-order valence-corrected chi connectivity index (χ4v) is 5.74. The summed E-state index contributed by atoms with van der Waals surface area (Å²) < 4.78 is 6.09. The van der Waals surface area contributed by atoms with E-state index in [1.54, 1.807) is 11.3 Å². The standard InChI is InChI=1S/C17H19NO2S3/c19-16(18-11-15-3-1-8-21-15)12-20-14-6-4-13(5-7-14)17-22-9-2-10-23-17/h1,3-8,17H,2,9-12H2,(H,18,19). The molecule has 0 saturated carbocycles. The highest BCUT2D eigenvalue weighted by Crippen LogP contribution is 2.43. The molecule has 1 aromatic heterocycles. The van der Waals surface area contributed by atoms with E-state index >= 15 is 0 Å². The normalized spacial score (nSPS) is 15.3. The predicted octanol–water partition coefficient (Wildman–Crippen LogP) is 4.31. The summed E-state index contributed by atoms with van der Waals surface area (Å²) in [6.07, 6.45) is 1.30. The second kappa shape index (κ2) is 8.66. The van der Waals surface area contributed by atoms with Crippen molar-refractivity contribution in [3.8, 4) is 5.75 Å². The van der Waals surface area contributed by atoms with Gasteiger partial charge in [0.25, 0.3) is 5.91 Å². The van der Waals surface area contributed by atoms with Gasteiger partial charge in [-0.15, -0.1) is 34.9 Å². The first-order valence-corrected chi connectivity index (χ1v) is 10.5. The van der Waals surface area contributed by atoms with Gasteiger partial charge in [0.1, 0.15) is 5.75 Å². The summed E-state index contributed by atoms with van der Waals surface area (Å²) in [4.78, 5) is 12.9. The molecule has 0 spiro atoms. The topological polar surface area (TPSA) is 38.3 Å². The molecule has 6 heteroatoms. The van der Waals surface area contributed by atoms with E-state index in [0.29, 0.717) is 11.1 Å². The van der Waals surface area contributed by atoms with Crippen molar-refractivity contribution in [1.82, 2.24) is 5.32 Å². The van der Waals surface area contributed by atoms with Crippen LogP contribution in [0.4, 0.5) is 0 Å². The zero-order valence-corrected chi connectivity index (χ0v) is 15.1. The lowest BCUT2D eigenvalue weighted by Gasteiger charge is -2.21. The highest BCUT2D eigenvalue weighted by atomic mass is 32.2. The van der Waals surface area contributed by atoms with Crippen molar-refractivity contribution in [3.05, 3.63) is 52.2 Å². The van der Waals surface area contributed by atoms with Crippen molar-refractivity contribution in [1.29, 1.82) is 0 Å². The molecule has 1 saturated heterocycles. The van der Waals surface area contributed by atoms with Crippen molar-refractivity contribution in [3.63, 3.8) is 0 Å². The number of hydrogen-bond donors (Lipinski definition) is 1. The van der Waals surface area contributed by atoms with Crippen LogP contribution in [0.3, 0.4) is 0 Å². The van der Waals surface area contributed by atoms with E-state index in [9.17, 15) is 4.79 Å². The van der Waals surface area contributed by atoms with E-state index in [4.69, 9.17) is 4.74 Å². The second-order valence-corrected chi connectivity index (χ2v) is 8.90. The smallest absolute Gasteiger partial charge is 0.258 e. The minimum Gasteiger partial charge on any atom is -0.484 e. The van der Waals surface area contributed by atoms with Gasteiger partial charge >= 0.3 is 0 Å². The molecule has 122 valence electrons. The summed E-state index contributed by atoms with van der Waals surface area (Å²) in [5.41, 5.74) is 1.33. The van der Waals surface area contributed by atoms with Crippen molar-refractivity contribution >= 4 is 40.8 Å². The Morgan fingerprint density at radius 2 is 1.96 bits per heavy atom. The van der Waals surface area contributed by atoms with Gasteiger partial charge in [-0.2, -0.15) is 0 Å². The van der Waals surface area contributed by atoms with E-state index in [0.717, 1.165) is 10.6 Å². The van der Waals surface area contributed by atoms with Crippen LogP contribution in [0.5, 0.6) is 5.75 Å². The summed E-state index contributed by atoms with van der Waals surface area (Å²) in [6.45, 7) is 0.618. The third-order valence-corrected chi connectivity index (χ3v) is 7.28. The fourth-order valence-electron chi connectivity index (χ4n) is 2.20. The summed E-state index contributed by atoms with van der Waals surface area (Å²) in [7, 11) is 0. The quantitative estimate of drug-likeness (QED) is 0.828. The van der Waals surface area contributed by atoms with Gasteiger partial charge in [0, 0.05) is 4.88 Å². The number of thioether (sulfide) groups is 2. The number of amides is 1. The Bertz CT molecular complexity index is 607. The molecule has 1 aliphatic rings. The Morgan fingerprint density at radius 3 is 2.65 bits per heavy atom. The van der Waals surface area contributed by atoms with Crippen LogP contribution < -0.4 is 10.1 Å². The van der Waals surface area contributed by atoms with Gasteiger partial charge in [0.2, 0.25) is 0 Å². The molecule has 3 nitrogen and oxygen atoms in total. The molecular weight excluding hydrogens is 346 g/mol. The summed E-state index contributed by atoms with van der Waals surface area (Å²) in [6, 6.07) is 12.1. The maximum absolute atomic E-state index is 11.8. The molecule has 0 aliphatic carbocycles. The molecule has 1 aromatic carbocycles. The Hall–Kier alpha value is -1.11. The van der Waals surface area contributed by atoms with Gasteiger partial charge in [-0.3, -0.25) is 4.79 Å². The predicted molar refractivity (Wildman–Crippen MR) is 100 cm³/mol. The molecule has 2 heterocycles. The highest BCUT2D eigenvalue weighted by molar-refractivity contribution is 8.16. The van der Waals surface area contributed by atoms with E-state index in [1.165, 1.54) is 23.5 Å². The lowest BCUT2D eigenvalue weighted by atomic mass is 10.2. The largest absolute Gasteiger partial charge is 0.484 e. The number of carbonyl (C=O) groups is 1. The Morgan fingerprint density at radius 1 is 1.17 bits per heavy atom. The highest BCUT2D eigenvalue weighted by Gasteiger charge is 2.16. The lowest BCUT2D eigenvalue weighted by molar-refractivity contribution is -0.123. The number of benzene rings is 1. The van der Waals surface area contributed by atoms with Crippen LogP contribution in [0.15, 0.2) is 41.8 Å². The zero-order valence-electron chi connectivity index (χ0n) is 12.7. The maximum atomic E-state index is 11.8. The molecule has 2 aromatic rings. The SMILES string of the molecule is O=C(COc1ccc(C2SCCCS2)cc1)NCc1cccs1. The van der Waals surface area contributed by atoms with E-state index in [-0.39, 0.29) is 12.5 Å². The van der Waals surface area contributed by atoms with Gasteiger partial charge in [-0.1, -0.05) is 18.2 Å². The number of thiophene rings is 1. The van der Waals surface area contributed by atoms with Gasteiger partial charge in [-0.25, -0.2) is 0 Å². The molecule has 1 aliphatic heterocycles. The van der Waals surface area contributed by atoms with E-state index in [2.05, 4.69) is 17.4 Å². The molecule has 0 bridgehead atoms. The average molecular weight is 366 g/mol. The molecular formula is C17H19NO2S3. The van der Waals surface area contributed by atoms with Crippen LogP contribution in [0.2, 0.25) is 0 Å². The third kappa shape index (κ3) is 5.19. The molecule has 3 rings (SSSR count). The Balaban J connectivity index is 1.43. The lowest BCUT2D eigenvalue weighted by Crippen LogP contribution is -2.28. The minimum absolute atomic E-state index is 0.0532. The zero-order chi connectivity index (χ0) is 15.9. The Labute approximate surface area is 149 Å². The van der Waals surface area contributed by atoms with Crippen LogP contribution >= 0.6 is 34.9 Å². The summed E-state index contributed by atoms with van der Waals surface area (Å²) in [5.74, 6) is 3.12. The molecule has 0 atom stereocenters. The number of rotatable bonds is 6. The first-order valence-electron chi connectivity index (χ1n) is 7.56. The summed E-state index contributed by atoms with van der Waals surface area (Å²) in [5, 5.41) is 4.86. The first kappa shape index (κ1) is 16.7. The molecule has 23 heavy (non-hydrogen) atoms. The number of ether oxygens (including phenoxy) is 1. The number of carbonyl (C=O) groups excluding carboxylic acids is 1. The van der Waals surface area contributed by atoms with Gasteiger partial charge < -0.3 is 10.1 Å². The van der Waals surface area contributed by atoms with Crippen LogP contribution in [0, 0.1) is 0 Å². The number of hydrogen-bond acceptors (Lipinski definition) is 5. The van der Waals surface area contributed by atoms with Crippen LogP contribution in [0.25, 0.3) is 0 Å². The molecule has 1 amide bonds. The van der Waals surface area contributed by atoms with Crippen LogP contribution in [0.1, 0.15) is 21.4 Å². The second-order valence-electron chi connectivity index (χ2n) is 5.14.